The Bertz CT molecular complexity index is 596. The van der Waals surface area contributed by atoms with Crippen LogP contribution in [0.1, 0.15) is 43.9 Å². The second-order valence-corrected chi connectivity index (χ2v) is 7.58. The highest BCUT2D eigenvalue weighted by molar-refractivity contribution is 5.74. The van der Waals surface area contributed by atoms with Crippen molar-refractivity contribution in [2.45, 2.75) is 44.7 Å². The minimum absolute atomic E-state index is 0.0445. The molecule has 0 aromatic carbocycles. The van der Waals surface area contributed by atoms with Crippen molar-refractivity contribution in [1.82, 2.24) is 30.2 Å². The molecule has 2 aliphatic heterocycles. The Kier molecular flexibility index (Phi) is 5.29. The van der Waals surface area contributed by atoms with Crippen molar-refractivity contribution in [2.24, 2.45) is 0 Å². The van der Waals surface area contributed by atoms with Gasteiger partial charge >= 0.3 is 6.03 Å². The van der Waals surface area contributed by atoms with Gasteiger partial charge in [0.1, 0.15) is 6.04 Å². The number of nitrogens with zero attached hydrogens (tertiary/aromatic N) is 5. The molecule has 0 bridgehead atoms. The van der Waals surface area contributed by atoms with E-state index in [9.17, 15) is 4.79 Å². The average molecular weight is 350 g/mol. The van der Waals surface area contributed by atoms with Crippen LogP contribution in [-0.4, -0.2) is 83.2 Å². The molecule has 1 unspecified atom stereocenters. The zero-order valence-corrected chi connectivity index (χ0v) is 15.8. The predicted octanol–water partition coefficient (Wildman–Crippen LogP) is 1.25. The monoisotopic (exact) mass is 350 g/mol. The molecule has 140 valence electrons. The molecule has 1 aromatic rings. The maximum Gasteiger partial charge on any atom is 0.318 e. The number of aromatic nitrogens is 2. The maximum atomic E-state index is 12.8. The summed E-state index contributed by atoms with van der Waals surface area (Å²) in [4.78, 5) is 23.8. The van der Waals surface area contributed by atoms with Gasteiger partial charge in [0.25, 0.3) is 0 Å². The summed E-state index contributed by atoms with van der Waals surface area (Å²) in [6.07, 6.45) is 3.19. The lowest BCUT2D eigenvalue weighted by Crippen LogP contribution is -2.59. The SMILES string of the molecule is Cc1noc(C(C)NC(=O)N2CCCN(C)C3(CCN(C)CC3)C2)n1. The fourth-order valence-corrected chi connectivity index (χ4v) is 3.87. The van der Waals surface area contributed by atoms with Crippen LogP contribution in [0.2, 0.25) is 0 Å². The van der Waals surface area contributed by atoms with Crippen molar-refractivity contribution < 1.29 is 9.32 Å². The quantitative estimate of drug-likeness (QED) is 0.865. The molecule has 2 saturated heterocycles. The molecule has 2 amide bonds. The van der Waals surface area contributed by atoms with Crippen LogP contribution < -0.4 is 5.32 Å². The van der Waals surface area contributed by atoms with E-state index in [-0.39, 0.29) is 17.6 Å². The van der Waals surface area contributed by atoms with Crippen molar-refractivity contribution >= 4 is 6.03 Å². The first-order valence-corrected chi connectivity index (χ1v) is 9.15. The van der Waals surface area contributed by atoms with E-state index >= 15 is 0 Å². The lowest BCUT2D eigenvalue weighted by atomic mass is 9.85. The van der Waals surface area contributed by atoms with Crippen LogP contribution in [0.5, 0.6) is 0 Å². The number of hydrogen-bond donors (Lipinski definition) is 1. The van der Waals surface area contributed by atoms with Gasteiger partial charge in [-0.25, -0.2) is 4.79 Å². The molecule has 2 fully saturated rings. The van der Waals surface area contributed by atoms with Gasteiger partial charge in [-0.3, -0.25) is 4.90 Å². The molecule has 2 aliphatic rings. The van der Waals surface area contributed by atoms with Crippen LogP contribution in [0.4, 0.5) is 4.79 Å². The summed E-state index contributed by atoms with van der Waals surface area (Å²) in [7, 11) is 4.37. The number of carbonyl (C=O) groups is 1. The molecule has 8 heteroatoms. The lowest BCUT2D eigenvalue weighted by Gasteiger charge is -2.47. The summed E-state index contributed by atoms with van der Waals surface area (Å²) in [6, 6.07) is -0.333. The Balaban J connectivity index is 1.67. The normalized spacial score (nSPS) is 23.4. The molecule has 3 heterocycles. The van der Waals surface area contributed by atoms with E-state index in [0.717, 1.165) is 52.0 Å². The zero-order chi connectivity index (χ0) is 18.0. The van der Waals surface area contributed by atoms with Gasteiger partial charge in [-0.2, -0.15) is 4.98 Å². The van der Waals surface area contributed by atoms with Crippen LogP contribution in [0.25, 0.3) is 0 Å². The molecule has 0 saturated carbocycles. The molecule has 3 rings (SSSR count). The first-order valence-electron chi connectivity index (χ1n) is 9.15. The van der Waals surface area contributed by atoms with Crippen LogP contribution in [0.15, 0.2) is 4.52 Å². The number of rotatable bonds is 2. The Labute approximate surface area is 149 Å². The first-order chi connectivity index (χ1) is 11.9. The molecular formula is C17H30N6O2. The van der Waals surface area contributed by atoms with E-state index in [0.29, 0.717) is 11.7 Å². The second-order valence-electron chi connectivity index (χ2n) is 7.58. The first kappa shape index (κ1) is 18.1. The molecule has 0 aliphatic carbocycles. The topological polar surface area (TPSA) is 77.7 Å². The van der Waals surface area contributed by atoms with Gasteiger partial charge in [-0.1, -0.05) is 5.16 Å². The van der Waals surface area contributed by atoms with Crippen LogP contribution in [0, 0.1) is 6.92 Å². The summed E-state index contributed by atoms with van der Waals surface area (Å²) in [5, 5.41) is 6.81. The summed E-state index contributed by atoms with van der Waals surface area (Å²) in [6.45, 7) is 8.40. The number of likely N-dealkylation sites (N-methyl/N-ethyl adjacent to an activating group) is 1. The third-order valence-corrected chi connectivity index (χ3v) is 5.68. The number of likely N-dealkylation sites (tertiary alicyclic amines) is 1. The van der Waals surface area contributed by atoms with Crippen molar-refractivity contribution in [2.75, 3.05) is 46.8 Å². The lowest BCUT2D eigenvalue weighted by molar-refractivity contribution is 0.0409. The van der Waals surface area contributed by atoms with Gasteiger partial charge in [0.15, 0.2) is 5.82 Å². The van der Waals surface area contributed by atoms with E-state index in [1.54, 1.807) is 6.92 Å². The van der Waals surface area contributed by atoms with E-state index < -0.39 is 0 Å². The molecular weight excluding hydrogens is 320 g/mol. The molecule has 1 aromatic heterocycles. The standard InChI is InChI=1S/C17H30N6O2/c1-13(15-19-14(2)20-25-15)18-16(24)23-9-5-8-22(4)17(12-23)6-10-21(3)11-7-17/h13H,5-12H2,1-4H3,(H,18,24). The molecule has 0 radical (unpaired) electrons. The fourth-order valence-electron chi connectivity index (χ4n) is 3.87. The summed E-state index contributed by atoms with van der Waals surface area (Å²) >= 11 is 0. The Morgan fingerprint density at radius 2 is 1.96 bits per heavy atom. The van der Waals surface area contributed by atoms with Gasteiger partial charge in [0.2, 0.25) is 5.89 Å². The minimum atomic E-state index is -0.289. The second kappa shape index (κ2) is 7.29. The van der Waals surface area contributed by atoms with E-state index in [2.05, 4.69) is 39.4 Å². The van der Waals surface area contributed by atoms with Crippen molar-refractivity contribution in [3.05, 3.63) is 11.7 Å². The van der Waals surface area contributed by atoms with Crippen LogP contribution in [-0.2, 0) is 0 Å². The van der Waals surface area contributed by atoms with Gasteiger partial charge in [-0.15, -0.1) is 0 Å². The summed E-state index contributed by atoms with van der Waals surface area (Å²) in [5.41, 5.74) is 0.0880. The molecule has 1 spiro atoms. The van der Waals surface area contributed by atoms with Gasteiger partial charge in [0.05, 0.1) is 0 Å². The summed E-state index contributed by atoms with van der Waals surface area (Å²) < 4.78 is 5.17. The Morgan fingerprint density at radius 3 is 2.60 bits per heavy atom. The molecule has 1 N–H and O–H groups in total. The molecule has 8 nitrogen and oxygen atoms in total. The number of hydrogen-bond acceptors (Lipinski definition) is 6. The van der Waals surface area contributed by atoms with Crippen molar-refractivity contribution in [3.8, 4) is 0 Å². The number of aryl methyl sites for hydroxylation is 1. The summed E-state index contributed by atoms with van der Waals surface area (Å²) in [5.74, 6) is 1.03. The van der Waals surface area contributed by atoms with Crippen molar-refractivity contribution in [3.63, 3.8) is 0 Å². The highest BCUT2D eigenvalue weighted by atomic mass is 16.5. The van der Waals surface area contributed by atoms with Gasteiger partial charge in [-0.05, 0) is 60.3 Å². The predicted molar refractivity (Wildman–Crippen MR) is 94.3 cm³/mol. The highest BCUT2D eigenvalue weighted by Crippen LogP contribution is 2.31. The number of urea groups is 1. The zero-order valence-electron chi connectivity index (χ0n) is 15.8. The van der Waals surface area contributed by atoms with Gasteiger partial charge in [0, 0.05) is 25.2 Å². The van der Waals surface area contributed by atoms with E-state index in [1.165, 1.54) is 0 Å². The van der Waals surface area contributed by atoms with Crippen molar-refractivity contribution in [1.29, 1.82) is 0 Å². The highest BCUT2D eigenvalue weighted by Gasteiger charge is 2.41. The van der Waals surface area contributed by atoms with Gasteiger partial charge < -0.3 is 19.6 Å². The average Bonchev–Trinajstić information content (AvgIpc) is 2.95. The number of amides is 2. The number of nitrogens with one attached hydrogen (secondary N) is 1. The van der Waals surface area contributed by atoms with Crippen LogP contribution >= 0.6 is 0 Å². The minimum Gasteiger partial charge on any atom is -0.337 e. The molecule has 25 heavy (non-hydrogen) atoms. The smallest absolute Gasteiger partial charge is 0.318 e. The van der Waals surface area contributed by atoms with E-state index in [4.69, 9.17) is 4.52 Å². The van der Waals surface area contributed by atoms with Crippen LogP contribution in [0.3, 0.4) is 0 Å². The fraction of sp³-hybridized carbons (Fsp3) is 0.824. The largest absolute Gasteiger partial charge is 0.337 e. The molecule has 1 atom stereocenters. The maximum absolute atomic E-state index is 12.8. The van der Waals surface area contributed by atoms with E-state index in [1.807, 2.05) is 11.8 Å². The Hall–Kier alpha value is -1.67. The third-order valence-electron chi connectivity index (χ3n) is 5.68. The third kappa shape index (κ3) is 3.95. The Morgan fingerprint density at radius 1 is 1.24 bits per heavy atom. The number of carbonyl (C=O) groups excluding carboxylic acids is 1. The number of piperidine rings is 1.